The molecule has 0 atom stereocenters. The van der Waals surface area contributed by atoms with Crippen LogP contribution in [-0.4, -0.2) is 19.0 Å². The van der Waals surface area contributed by atoms with E-state index in [9.17, 15) is 0 Å². The van der Waals surface area contributed by atoms with Gasteiger partial charge >= 0.3 is 0 Å². The van der Waals surface area contributed by atoms with E-state index in [0.29, 0.717) is 0 Å². The van der Waals surface area contributed by atoms with Gasteiger partial charge in [-0.2, -0.15) is 0 Å². The van der Waals surface area contributed by atoms with Gasteiger partial charge in [0.25, 0.3) is 0 Å². The summed E-state index contributed by atoms with van der Waals surface area (Å²) in [6.45, 7) is 7.93. The third kappa shape index (κ3) is 1.89. The van der Waals surface area contributed by atoms with E-state index in [0.717, 1.165) is 19.0 Å². The fourth-order valence-corrected chi connectivity index (χ4v) is 1.81. The van der Waals surface area contributed by atoms with Crippen molar-refractivity contribution >= 4 is 5.90 Å². The van der Waals surface area contributed by atoms with E-state index in [1.807, 2.05) is 0 Å². The molecule has 1 heterocycles. The van der Waals surface area contributed by atoms with Crippen LogP contribution in [0.1, 0.15) is 25.0 Å². The van der Waals surface area contributed by atoms with Crippen molar-refractivity contribution in [1.82, 2.24) is 0 Å². The molecule has 0 N–H and O–H groups in total. The Balaban J connectivity index is 2.32. The van der Waals surface area contributed by atoms with Gasteiger partial charge in [0.15, 0.2) is 5.90 Å². The van der Waals surface area contributed by atoms with E-state index in [1.54, 1.807) is 0 Å². The first-order valence-corrected chi connectivity index (χ1v) is 5.35. The minimum absolute atomic E-state index is 0.107. The van der Waals surface area contributed by atoms with Gasteiger partial charge in [0, 0.05) is 0 Å². The van der Waals surface area contributed by atoms with Crippen LogP contribution in [0.5, 0.6) is 0 Å². The van der Waals surface area contributed by atoms with Gasteiger partial charge in [0.05, 0.1) is 12.0 Å². The second-order valence-electron chi connectivity index (χ2n) is 4.53. The molecule has 0 fully saturated rings. The zero-order valence-electron chi connectivity index (χ0n) is 9.58. The summed E-state index contributed by atoms with van der Waals surface area (Å²) in [6.07, 6.45) is 0. The summed E-state index contributed by atoms with van der Waals surface area (Å²) in [5.74, 6) is 0.867. The lowest BCUT2D eigenvalue weighted by atomic mass is 9.84. The SMILES string of the molecule is Cc1ccc(C(C)(C)C2=NCCO2)cc1. The molecule has 0 amide bonds. The van der Waals surface area contributed by atoms with Crippen LogP contribution < -0.4 is 0 Å². The van der Waals surface area contributed by atoms with Crippen molar-refractivity contribution < 1.29 is 4.74 Å². The zero-order valence-corrected chi connectivity index (χ0v) is 9.58. The topological polar surface area (TPSA) is 21.6 Å². The monoisotopic (exact) mass is 203 g/mol. The molecule has 0 saturated heterocycles. The average Bonchev–Trinajstić information content (AvgIpc) is 2.71. The molecule has 0 bridgehead atoms. The molecule has 0 radical (unpaired) electrons. The van der Waals surface area contributed by atoms with Gasteiger partial charge in [-0.15, -0.1) is 0 Å². The van der Waals surface area contributed by atoms with E-state index < -0.39 is 0 Å². The molecule has 80 valence electrons. The molecular weight excluding hydrogens is 186 g/mol. The predicted molar refractivity (Wildman–Crippen MR) is 62.5 cm³/mol. The Morgan fingerprint density at radius 2 is 1.87 bits per heavy atom. The summed E-state index contributed by atoms with van der Waals surface area (Å²) in [5.41, 5.74) is 2.43. The van der Waals surface area contributed by atoms with E-state index in [-0.39, 0.29) is 5.41 Å². The number of hydrogen-bond acceptors (Lipinski definition) is 2. The maximum Gasteiger partial charge on any atom is 0.193 e. The Bertz CT molecular complexity index is 376. The summed E-state index contributed by atoms with van der Waals surface area (Å²) in [5, 5.41) is 0. The molecule has 2 rings (SSSR count). The molecule has 2 nitrogen and oxygen atoms in total. The summed E-state index contributed by atoms with van der Waals surface area (Å²) >= 11 is 0. The highest BCUT2D eigenvalue weighted by Gasteiger charge is 2.30. The Labute approximate surface area is 91.0 Å². The molecule has 15 heavy (non-hydrogen) atoms. The second-order valence-corrected chi connectivity index (χ2v) is 4.53. The van der Waals surface area contributed by atoms with Crippen LogP contribution in [0.4, 0.5) is 0 Å². The Kier molecular flexibility index (Phi) is 2.51. The van der Waals surface area contributed by atoms with Crippen molar-refractivity contribution in [3.8, 4) is 0 Å². The molecule has 0 saturated carbocycles. The number of nitrogens with zero attached hydrogens (tertiary/aromatic N) is 1. The first-order valence-electron chi connectivity index (χ1n) is 5.35. The standard InChI is InChI=1S/C13H17NO/c1-10-4-6-11(7-5-10)13(2,3)12-14-8-9-15-12/h4-7H,8-9H2,1-3H3. The van der Waals surface area contributed by atoms with Gasteiger partial charge in [0.1, 0.15) is 6.61 Å². The molecule has 0 aliphatic carbocycles. The normalized spacial score (nSPS) is 16.1. The summed E-state index contributed by atoms with van der Waals surface area (Å²) in [7, 11) is 0. The smallest absolute Gasteiger partial charge is 0.193 e. The maximum atomic E-state index is 5.55. The van der Waals surface area contributed by atoms with Gasteiger partial charge in [0.2, 0.25) is 0 Å². The summed E-state index contributed by atoms with van der Waals surface area (Å²) in [6, 6.07) is 8.57. The molecule has 0 spiro atoms. The van der Waals surface area contributed by atoms with E-state index in [1.165, 1.54) is 11.1 Å². The number of hydrogen-bond donors (Lipinski definition) is 0. The molecule has 2 heteroatoms. The Morgan fingerprint density at radius 3 is 2.40 bits per heavy atom. The molecule has 0 aromatic heterocycles. The average molecular weight is 203 g/mol. The van der Waals surface area contributed by atoms with Gasteiger partial charge in [-0.05, 0) is 26.3 Å². The van der Waals surface area contributed by atoms with E-state index in [4.69, 9.17) is 4.74 Å². The first-order chi connectivity index (χ1) is 7.10. The number of rotatable bonds is 2. The van der Waals surface area contributed by atoms with Gasteiger partial charge in [-0.1, -0.05) is 29.8 Å². The minimum atomic E-state index is -0.107. The van der Waals surface area contributed by atoms with Crippen molar-refractivity contribution in [3.63, 3.8) is 0 Å². The van der Waals surface area contributed by atoms with Crippen molar-refractivity contribution in [3.05, 3.63) is 35.4 Å². The summed E-state index contributed by atoms with van der Waals surface area (Å²) in [4.78, 5) is 4.40. The fourth-order valence-electron chi connectivity index (χ4n) is 1.81. The van der Waals surface area contributed by atoms with Crippen LogP contribution in [0.3, 0.4) is 0 Å². The number of benzene rings is 1. The lowest BCUT2D eigenvalue weighted by molar-refractivity contribution is 0.318. The van der Waals surface area contributed by atoms with Crippen LogP contribution >= 0.6 is 0 Å². The van der Waals surface area contributed by atoms with Crippen LogP contribution in [0.2, 0.25) is 0 Å². The summed E-state index contributed by atoms with van der Waals surface area (Å²) < 4.78 is 5.55. The van der Waals surface area contributed by atoms with Gasteiger partial charge in [-0.3, -0.25) is 4.99 Å². The first kappa shape index (κ1) is 10.2. The highest BCUT2D eigenvalue weighted by atomic mass is 16.5. The van der Waals surface area contributed by atoms with Crippen molar-refractivity contribution in [2.24, 2.45) is 4.99 Å². The maximum absolute atomic E-state index is 5.55. The van der Waals surface area contributed by atoms with E-state index in [2.05, 4.69) is 50.0 Å². The number of aryl methyl sites for hydroxylation is 1. The van der Waals surface area contributed by atoms with Crippen LogP contribution in [-0.2, 0) is 10.2 Å². The number of aliphatic imine (C=N–C) groups is 1. The molecule has 1 aliphatic rings. The lowest BCUT2D eigenvalue weighted by Gasteiger charge is -2.24. The zero-order chi connectivity index (χ0) is 10.9. The fraction of sp³-hybridized carbons (Fsp3) is 0.462. The highest BCUT2D eigenvalue weighted by Crippen LogP contribution is 2.27. The van der Waals surface area contributed by atoms with Crippen LogP contribution in [0.15, 0.2) is 29.3 Å². The van der Waals surface area contributed by atoms with E-state index >= 15 is 0 Å². The minimum Gasteiger partial charge on any atom is -0.478 e. The lowest BCUT2D eigenvalue weighted by Crippen LogP contribution is -2.29. The van der Waals surface area contributed by atoms with Crippen LogP contribution in [0.25, 0.3) is 0 Å². The third-order valence-corrected chi connectivity index (χ3v) is 2.89. The Hall–Kier alpha value is -1.31. The second kappa shape index (κ2) is 3.69. The molecular formula is C13H17NO. The molecule has 1 aliphatic heterocycles. The predicted octanol–water partition coefficient (Wildman–Crippen LogP) is 2.70. The van der Waals surface area contributed by atoms with Crippen molar-refractivity contribution in [1.29, 1.82) is 0 Å². The number of ether oxygens (including phenoxy) is 1. The van der Waals surface area contributed by atoms with Gasteiger partial charge in [-0.25, -0.2) is 0 Å². The Morgan fingerprint density at radius 1 is 1.20 bits per heavy atom. The van der Waals surface area contributed by atoms with Crippen molar-refractivity contribution in [2.45, 2.75) is 26.2 Å². The van der Waals surface area contributed by atoms with Crippen molar-refractivity contribution in [2.75, 3.05) is 13.2 Å². The highest BCUT2D eigenvalue weighted by molar-refractivity contribution is 5.88. The molecule has 1 aromatic carbocycles. The largest absolute Gasteiger partial charge is 0.478 e. The van der Waals surface area contributed by atoms with Gasteiger partial charge < -0.3 is 4.74 Å². The molecule has 0 unspecified atom stereocenters. The molecule has 1 aromatic rings. The third-order valence-electron chi connectivity index (χ3n) is 2.89. The van der Waals surface area contributed by atoms with Crippen LogP contribution in [0, 0.1) is 6.92 Å². The quantitative estimate of drug-likeness (QED) is 0.724.